The summed E-state index contributed by atoms with van der Waals surface area (Å²) in [6.07, 6.45) is 3.52. The normalized spacial score (nSPS) is 10.7. The van der Waals surface area contributed by atoms with Crippen molar-refractivity contribution in [1.82, 2.24) is 5.48 Å². The molecule has 0 aliphatic heterocycles. The highest BCUT2D eigenvalue weighted by atomic mass is 79.9. The molecule has 0 aliphatic carbocycles. The molecular weight excluding hydrogens is 484 g/mol. The van der Waals surface area contributed by atoms with E-state index in [4.69, 9.17) is 14.7 Å². The van der Waals surface area contributed by atoms with Crippen molar-refractivity contribution in [3.05, 3.63) is 45.1 Å². The molecule has 1 aromatic heterocycles. The molecule has 0 atom stereocenters. The molecule has 1 aromatic carbocycles. The second kappa shape index (κ2) is 14.2. The first-order valence-electron chi connectivity index (χ1n) is 10.2. The van der Waals surface area contributed by atoms with Crippen molar-refractivity contribution < 1.29 is 24.3 Å². The highest BCUT2D eigenvalue weighted by Crippen LogP contribution is 2.27. The summed E-state index contributed by atoms with van der Waals surface area (Å²) in [5, 5.41) is 8.53. The van der Waals surface area contributed by atoms with Gasteiger partial charge in [-0.15, -0.1) is 11.3 Å². The Morgan fingerprint density at radius 2 is 1.77 bits per heavy atom. The smallest absolute Gasteiger partial charge is 0.243 e. The zero-order chi connectivity index (χ0) is 22.5. The highest BCUT2D eigenvalue weighted by molar-refractivity contribution is 9.11. The van der Waals surface area contributed by atoms with Gasteiger partial charge in [-0.05, 0) is 65.2 Å². The number of methoxy groups -OCH3 is 1. The second-order valence-corrected chi connectivity index (χ2v) is 9.52. The van der Waals surface area contributed by atoms with Gasteiger partial charge in [0.15, 0.2) is 0 Å². The fourth-order valence-corrected chi connectivity index (χ4v) is 4.43. The summed E-state index contributed by atoms with van der Waals surface area (Å²) in [6.45, 7) is 1.73. The van der Waals surface area contributed by atoms with Gasteiger partial charge in [0, 0.05) is 43.5 Å². The van der Waals surface area contributed by atoms with Gasteiger partial charge in [0.05, 0.1) is 16.9 Å². The molecule has 9 heteroatoms. The number of hydrogen-bond donors (Lipinski definition) is 2. The first-order valence-corrected chi connectivity index (χ1v) is 11.8. The van der Waals surface area contributed by atoms with E-state index in [1.165, 1.54) is 0 Å². The van der Waals surface area contributed by atoms with Gasteiger partial charge in [0.25, 0.3) is 0 Å². The molecule has 1 heterocycles. The average Bonchev–Trinajstić information content (AvgIpc) is 3.19. The molecule has 0 aliphatic rings. The second-order valence-electron chi connectivity index (χ2n) is 6.97. The van der Waals surface area contributed by atoms with Crippen LogP contribution in [0.2, 0.25) is 0 Å². The minimum atomic E-state index is -0.402. The van der Waals surface area contributed by atoms with E-state index in [0.717, 1.165) is 32.9 Å². The SMILES string of the molecule is COCCCOc1ccc(N(Cc2ccc(Br)s2)C(=O)CCCCCC(=O)NO)cc1. The number of amides is 2. The van der Waals surface area contributed by atoms with Crippen LogP contribution >= 0.6 is 27.3 Å². The largest absolute Gasteiger partial charge is 0.494 e. The molecule has 2 aromatic rings. The quantitative estimate of drug-likeness (QED) is 0.213. The number of anilines is 1. The fourth-order valence-electron chi connectivity index (χ4n) is 2.96. The van der Waals surface area contributed by atoms with Gasteiger partial charge in [-0.2, -0.15) is 0 Å². The molecule has 0 saturated heterocycles. The van der Waals surface area contributed by atoms with Crippen molar-refractivity contribution in [2.75, 3.05) is 25.2 Å². The van der Waals surface area contributed by atoms with E-state index in [9.17, 15) is 9.59 Å². The Bertz CT molecular complexity index is 812. The lowest BCUT2D eigenvalue weighted by Crippen LogP contribution is -2.29. The van der Waals surface area contributed by atoms with Gasteiger partial charge in [-0.1, -0.05) is 6.42 Å². The summed E-state index contributed by atoms with van der Waals surface area (Å²) >= 11 is 5.08. The molecule has 7 nitrogen and oxygen atoms in total. The van der Waals surface area contributed by atoms with Crippen LogP contribution in [0.4, 0.5) is 5.69 Å². The molecule has 0 unspecified atom stereocenters. The lowest BCUT2D eigenvalue weighted by Gasteiger charge is -2.23. The van der Waals surface area contributed by atoms with Crippen molar-refractivity contribution in [2.45, 2.75) is 45.1 Å². The minimum Gasteiger partial charge on any atom is -0.494 e. The monoisotopic (exact) mass is 512 g/mol. The summed E-state index contributed by atoms with van der Waals surface area (Å²) < 4.78 is 11.8. The number of unbranched alkanes of at least 4 members (excludes halogenated alkanes) is 2. The van der Waals surface area contributed by atoms with Crippen LogP contribution in [0.5, 0.6) is 5.75 Å². The van der Waals surface area contributed by atoms with Crippen LogP contribution in [0.15, 0.2) is 40.2 Å². The number of rotatable bonds is 14. The molecule has 0 radical (unpaired) electrons. The van der Waals surface area contributed by atoms with Crippen LogP contribution in [0.25, 0.3) is 0 Å². The molecule has 170 valence electrons. The topological polar surface area (TPSA) is 88.1 Å². The summed E-state index contributed by atoms with van der Waals surface area (Å²) in [4.78, 5) is 26.9. The number of nitrogens with one attached hydrogen (secondary N) is 1. The van der Waals surface area contributed by atoms with Crippen LogP contribution in [0.1, 0.15) is 43.4 Å². The van der Waals surface area contributed by atoms with Crippen LogP contribution in [-0.4, -0.2) is 37.3 Å². The lowest BCUT2D eigenvalue weighted by molar-refractivity contribution is -0.129. The van der Waals surface area contributed by atoms with E-state index in [1.807, 2.05) is 36.4 Å². The van der Waals surface area contributed by atoms with Crippen LogP contribution < -0.4 is 15.1 Å². The first-order chi connectivity index (χ1) is 15.0. The number of benzene rings is 1. The third-order valence-corrected chi connectivity index (χ3v) is 6.18. The molecule has 0 fully saturated rings. The third-order valence-electron chi connectivity index (χ3n) is 4.57. The summed E-state index contributed by atoms with van der Waals surface area (Å²) in [6, 6.07) is 11.5. The van der Waals surface area contributed by atoms with Gasteiger partial charge in [0.1, 0.15) is 5.75 Å². The Hall–Kier alpha value is -1.94. The molecular formula is C22H29BrN2O5S. The Morgan fingerprint density at radius 3 is 2.42 bits per heavy atom. The van der Waals surface area contributed by atoms with E-state index < -0.39 is 5.91 Å². The Labute approximate surface area is 195 Å². The molecule has 2 rings (SSSR count). The summed E-state index contributed by atoms with van der Waals surface area (Å²) in [5.41, 5.74) is 2.44. The van der Waals surface area contributed by atoms with E-state index in [1.54, 1.807) is 28.8 Å². The van der Waals surface area contributed by atoms with Gasteiger partial charge < -0.3 is 14.4 Å². The molecule has 0 bridgehead atoms. The Morgan fingerprint density at radius 1 is 1.03 bits per heavy atom. The number of hydrogen-bond acceptors (Lipinski definition) is 6. The maximum absolute atomic E-state index is 13.0. The number of thiophene rings is 1. The maximum Gasteiger partial charge on any atom is 0.243 e. The predicted molar refractivity (Wildman–Crippen MR) is 125 cm³/mol. The Balaban J connectivity index is 1.97. The van der Waals surface area contributed by atoms with Crippen molar-refractivity contribution in [2.24, 2.45) is 0 Å². The zero-order valence-corrected chi connectivity index (χ0v) is 20.0. The minimum absolute atomic E-state index is 0.0323. The van der Waals surface area contributed by atoms with E-state index in [-0.39, 0.29) is 12.3 Å². The van der Waals surface area contributed by atoms with Crippen molar-refractivity contribution in [1.29, 1.82) is 0 Å². The molecule has 2 amide bonds. The predicted octanol–water partition coefficient (Wildman–Crippen LogP) is 4.92. The molecule has 0 saturated carbocycles. The first kappa shape index (κ1) is 25.3. The average molecular weight is 513 g/mol. The number of ether oxygens (including phenoxy) is 2. The number of hydroxylamine groups is 1. The van der Waals surface area contributed by atoms with E-state index in [2.05, 4.69) is 15.9 Å². The van der Waals surface area contributed by atoms with Crippen molar-refractivity contribution in [3.8, 4) is 5.75 Å². The number of carbonyl (C=O) groups excluding carboxylic acids is 2. The number of carbonyl (C=O) groups is 2. The third kappa shape index (κ3) is 9.39. The molecule has 2 N–H and O–H groups in total. The van der Waals surface area contributed by atoms with Crippen molar-refractivity contribution in [3.63, 3.8) is 0 Å². The van der Waals surface area contributed by atoms with Gasteiger partial charge in [0.2, 0.25) is 11.8 Å². The zero-order valence-electron chi connectivity index (χ0n) is 17.6. The fraction of sp³-hybridized carbons (Fsp3) is 0.455. The van der Waals surface area contributed by atoms with Gasteiger partial charge in [-0.25, -0.2) is 5.48 Å². The number of halogens is 1. The Kier molecular flexibility index (Phi) is 11.6. The van der Waals surface area contributed by atoms with Gasteiger partial charge in [-0.3, -0.25) is 14.8 Å². The van der Waals surface area contributed by atoms with Crippen LogP contribution in [0, 0.1) is 0 Å². The van der Waals surface area contributed by atoms with Gasteiger partial charge >= 0.3 is 0 Å². The van der Waals surface area contributed by atoms with Crippen molar-refractivity contribution >= 4 is 44.8 Å². The lowest BCUT2D eigenvalue weighted by atomic mass is 10.1. The van der Waals surface area contributed by atoms with Crippen LogP contribution in [0.3, 0.4) is 0 Å². The van der Waals surface area contributed by atoms with E-state index in [0.29, 0.717) is 39.0 Å². The highest BCUT2D eigenvalue weighted by Gasteiger charge is 2.17. The molecule has 31 heavy (non-hydrogen) atoms. The molecule has 0 spiro atoms. The number of nitrogens with zero attached hydrogens (tertiary/aromatic N) is 1. The summed E-state index contributed by atoms with van der Waals surface area (Å²) in [7, 11) is 1.67. The maximum atomic E-state index is 13.0. The standard InChI is InChI=1S/C22H29BrN2O5S/c1-29-14-5-15-30-18-10-8-17(9-11-18)25(16-19-12-13-20(23)31-19)22(27)7-4-2-3-6-21(26)24-28/h8-13,28H,2-7,14-16H2,1H3,(H,24,26). The van der Waals surface area contributed by atoms with Crippen LogP contribution in [-0.2, 0) is 20.9 Å². The summed E-state index contributed by atoms with van der Waals surface area (Å²) in [5.74, 6) is 0.388. The van der Waals surface area contributed by atoms with E-state index >= 15 is 0 Å².